The zero-order valence-corrected chi connectivity index (χ0v) is 16.7. The molecular weight excluding hydrogens is 380 g/mol. The second-order valence-corrected chi connectivity index (χ2v) is 7.17. The normalized spacial score (nSPS) is 18.1. The van der Waals surface area contributed by atoms with Crippen LogP contribution in [0.3, 0.4) is 0 Å². The van der Waals surface area contributed by atoms with E-state index in [0.29, 0.717) is 35.1 Å². The van der Waals surface area contributed by atoms with Crippen LogP contribution >= 0.6 is 0 Å². The summed E-state index contributed by atoms with van der Waals surface area (Å²) in [6.07, 6.45) is 7.88. The Hall–Kier alpha value is -3.68. The summed E-state index contributed by atoms with van der Waals surface area (Å²) < 4.78 is 0. The van der Waals surface area contributed by atoms with Crippen molar-refractivity contribution >= 4 is 41.0 Å². The first-order valence-electron chi connectivity index (χ1n) is 9.85. The fraction of sp³-hybridized carbons (Fsp3) is 0.273. The number of hydrogen-bond acceptors (Lipinski definition) is 6. The lowest BCUT2D eigenvalue weighted by molar-refractivity contribution is -0.122. The Morgan fingerprint density at radius 1 is 1.17 bits per heavy atom. The first-order chi connectivity index (χ1) is 14.5. The van der Waals surface area contributed by atoms with Crippen LogP contribution in [-0.2, 0) is 9.59 Å². The fourth-order valence-corrected chi connectivity index (χ4v) is 3.48. The molecular formula is C22H26N6O2. The highest BCUT2D eigenvalue weighted by Crippen LogP contribution is 2.29. The zero-order valence-electron chi connectivity index (χ0n) is 16.7. The molecule has 2 aromatic rings. The van der Waals surface area contributed by atoms with Crippen LogP contribution in [0.15, 0.2) is 49.7 Å². The van der Waals surface area contributed by atoms with E-state index < -0.39 is 0 Å². The third-order valence-electron chi connectivity index (χ3n) is 5.07. The van der Waals surface area contributed by atoms with Crippen molar-refractivity contribution in [3.8, 4) is 0 Å². The Balaban J connectivity index is 1.80. The van der Waals surface area contributed by atoms with E-state index in [9.17, 15) is 9.59 Å². The summed E-state index contributed by atoms with van der Waals surface area (Å²) in [4.78, 5) is 32.2. The number of rotatable bonds is 8. The first-order valence-corrected chi connectivity index (χ1v) is 9.85. The predicted molar refractivity (Wildman–Crippen MR) is 119 cm³/mol. The van der Waals surface area contributed by atoms with E-state index in [2.05, 4.69) is 39.1 Å². The minimum atomic E-state index is -0.306. The molecule has 1 fully saturated rings. The number of nitrogens with one attached hydrogen (secondary N) is 3. The molecule has 1 aromatic heterocycles. The van der Waals surface area contributed by atoms with Crippen molar-refractivity contribution in [1.29, 1.82) is 0 Å². The smallest absolute Gasteiger partial charge is 0.247 e. The third kappa shape index (κ3) is 5.22. The summed E-state index contributed by atoms with van der Waals surface area (Å²) in [5.74, 6) is 0.307. The Morgan fingerprint density at radius 2 is 1.93 bits per heavy atom. The van der Waals surface area contributed by atoms with Crippen LogP contribution in [0.2, 0.25) is 0 Å². The molecule has 156 valence electrons. The summed E-state index contributed by atoms with van der Waals surface area (Å²) >= 11 is 0. The van der Waals surface area contributed by atoms with Gasteiger partial charge in [-0.05, 0) is 37.5 Å². The number of para-hydroxylation sites is 2. The van der Waals surface area contributed by atoms with Gasteiger partial charge < -0.3 is 21.7 Å². The van der Waals surface area contributed by atoms with Crippen LogP contribution in [0, 0.1) is 5.92 Å². The van der Waals surface area contributed by atoms with Gasteiger partial charge in [0.2, 0.25) is 17.8 Å². The molecule has 30 heavy (non-hydrogen) atoms. The van der Waals surface area contributed by atoms with Gasteiger partial charge in [-0.2, -0.15) is 4.98 Å². The van der Waals surface area contributed by atoms with E-state index in [1.807, 2.05) is 18.2 Å². The summed E-state index contributed by atoms with van der Waals surface area (Å²) in [6, 6.07) is 7.37. The summed E-state index contributed by atoms with van der Waals surface area (Å²) in [6.45, 7) is 7.29. The molecule has 0 aliphatic heterocycles. The van der Waals surface area contributed by atoms with Gasteiger partial charge in [0.25, 0.3) is 0 Å². The van der Waals surface area contributed by atoms with Crippen molar-refractivity contribution in [2.75, 3.05) is 16.0 Å². The average molecular weight is 406 g/mol. The largest absolute Gasteiger partial charge is 0.369 e. The molecule has 2 atom stereocenters. The Morgan fingerprint density at radius 3 is 2.63 bits per heavy atom. The van der Waals surface area contributed by atoms with Gasteiger partial charge in [-0.15, -0.1) is 0 Å². The van der Waals surface area contributed by atoms with Gasteiger partial charge in [-0.25, -0.2) is 4.98 Å². The topological polar surface area (TPSA) is 122 Å². The fourth-order valence-electron chi connectivity index (χ4n) is 3.48. The van der Waals surface area contributed by atoms with Crippen molar-refractivity contribution < 1.29 is 9.59 Å². The second kappa shape index (κ2) is 9.69. The van der Waals surface area contributed by atoms with Crippen molar-refractivity contribution in [2.24, 2.45) is 11.7 Å². The van der Waals surface area contributed by atoms with Crippen molar-refractivity contribution in [3.63, 3.8) is 0 Å². The molecule has 2 unspecified atom stereocenters. The highest BCUT2D eigenvalue weighted by Gasteiger charge is 2.26. The molecule has 0 saturated heterocycles. The molecule has 0 spiro atoms. The maximum Gasteiger partial charge on any atom is 0.247 e. The minimum Gasteiger partial charge on any atom is -0.369 e. The third-order valence-corrected chi connectivity index (χ3v) is 5.07. The van der Waals surface area contributed by atoms with Crippen LogP contribution in [0.5, 0.6) is 0 Å². The lowest BCUT2D eigenvalue weighted by Crippen LogP contribution is -2.34. The number of nitrogens with two attached hydrogens (primary N) is 1. The lowest BCUT2D eigenvalue weighted by atomic mass is 9.85. The van der Waals surface area contributed by atoms with Gasteiger partial charge in [-0.3, -0.25) is 9.59 Å². The molecule has 1 aliphatic rings. The number of benzene rings is 1. The number of amides is 2. The maximum absolute atomic E-state index is 11.7. The SMILES string of the molecule is C=CC(=O)Nc1ccccc1Nc1nc(NC2CCCC(C(N)=O)C2)ncc1C=C. The minimum absolute atomic E-state index is 0.0813. The van der Waals surface area contributed by atoms with Gasteiger partial charge in [0, 0.05) is 23.7 Å². The Labute approximate surface area is 175 Å². The van der Waals surface area contributed by atoms with Crippen LogP contribution in [-0.4, -0.2) is 27.8 Å². The summed E-state index contributed by atoms with van der Waals surface area (Å²) in [7, 11) is 0. The van der Waals surface area contributed by atoms with Gasteiger partial charge in [0.1, 0.15) is 5.82 Å². The summed E-state index contributed by atoms with van der Waals surface area (Å²) in [5, 5.41) is 9.32. The van der Waals surface area contributed by atoms with Crippen LogP contribution in [0.4, 0.5) is 23.1 Å². The average Bonchev–Trinajstić information content (AvgIpc) is 2.75. The molecule has 0 bridgehead atoms. The standard InChI is InChI=1S/C22H26N6O2/c1-3-14-13-24-22(25-16-9-7-8-15(12-16)20(23)30)28-21(14)27-18-11-6-5-10-17(18)26-19(29)4-2/h3-6,10-11,13,15-16H,1-2,7-9,12H2,(H2,23,30)(H,26,29)(H2,24,25,27,28). The van der Waals surface area contributed by atoms with E-state index >= 15 is 0 Å². The van der Waals surface area contributed by atoms with Crippen molar-refractivity contribution in [3.05, 3.63) is 55.3 Å². The van der Waals surface area contributed by atoms with Gasteiger partial charge in [-0.1, -0.05) is 37.8 Å². The quantitative estimate of drug-likeness (QED) is 0.498. The number of anilines is 4. The molecule has 8 nitrogen and oxygen atoms in total. The molecule has 1 heterocycles. The number of carbonyl (C=O) groups excluding carboxylic acids is 2. The van der Waals surface area contributed by atoms with Gasteiger partial charge in [0.15, 0.2) is 0 Å². The number of aromatic nitrogens is 2. The lowest BCUT2D eigenvalue weighted by Gasteiger charge is -2.28. The number of carbonyl (C=O) groups is 2. The molecule has 3 rings (SSSR count). The molecule has 1 aliphatic carbocycles. The molecule has 2 amide bonds. The number of hydrogen-bond donors (Lipinski definition) is 4. The van der Waals surface area contributed by atoms with E-state index in [1.54, 1.807) is 18.3 Å². The second-order valence-electron chi connectivity index (χ2n) is 7.17. The molecule has 1 aromatic carbocycles. The van der Waals surface area contributed by atoms with Crippen molar-refractivity contribution in [1.82, 2.24) is 9.97 Å². The zero-order chi connectivity index (χ0) is 21.5. The highest BCUT2D eigenvalue weighted by molar-refractivity contribution is 6.01. The maximum atomic E-state index is 11.7. The summed E-state index contributed by atoms with van der Waals surface area (Å²) in [5.41, 5.74) is 7.46. The molecule has 1 saturated carbocycles. The van der Waals surface area contributed by atoms with Gasteiger partial charge >= 0.3 is 0 Å². The van der Waals surface area contributed by atoms with Crippen LogP contribution in [0.1, 0.15) is 31.2 Å². The first kappa shape index (κ1) is 21.0. The predicted octanol–water partition coefficient (Wildman–Crippen LogP) is 3.44. The molecule has 5 N–H and O–H groups in total. The van der Waals surface area contributed by atoms with Crippen LogP contribution < -0.4 is 21.7 Å². The number of primary amides is 1. The van der Waals surface area contributed by atoms with Gasteiger partial charge in [0.05, 0.1) is 11.4 Å². The van der Waals surface area contributed by atoms with E-state index in [1.165, 1.54) is 6.08 Å². The molecule has 0 radical (unpaired) electrons. The Kier molecular flexibility index (Phi) is 6.79. The van der Waals surface area contributed by atoms with E-state index in [4.69, 9.17) is 5.73 Å². The Bertz CT molecular complexity index is 958. The van der Waals surface area contributed by atoms with Crippen LogP contribution in [0.25, 0.3) is 6.08 Å². The molecule has 8 heteroatoms. The van der Waals surface area contributed by atoms with E-state index in [-0.39, 0.29) is 23.8 Å². The van der Waals surface area contributed by atoms with Crippen molar-refractivity contribution in [2.45, 2.75) is 31.7 Å². The monoisotopic (exact) mass is 406 g/mol. The highest BCUT2D eigenvalue weighted by atomic mass is 16.1. The van der Waals surface area contributed by atoms with E-state index in [0.717, 1.165) is 19.3 Å². The number of nitrogens with zero attached hydrogens (tertiary/aromatic N) is 2.